The van der Waals surface area contributed by atoms with Crippen molar-refractivity contribution in [3.8, 4) is 0 Å². The van der Waals surface area contributed by atoms with Gasteiger partial charge in [-0.15, -0.1) is 0 Å². The van der Waals surface area contributed by atoms with Crippen LogP contribution in [0.25, 0.3) is 0 Å². The molecule has 1 saturated heterocycles. The van der Waals surface area contributed by atoms with Crippen LogP contribution in [0.5, 0.6) is 0 Å². The lowest BCUT2D eigenvalue weighted by Crippen LogP contribution is -2.42. The van der Waals surface area contributed by atoms with Crippen LogP contribution in [-0.2, 0) is 6.54 Å². The minimum Gasteiger partial charge on any atom is -0.478 e. The summed E-state index contributed by atoms with van der Waals surface area (Å²) in [6, 6.07) is 3.29. The topological polar surface area (TPSA) is 73.7 Å². The summed E-state index contributed by atoms with van der Waals surface area (Å²) in [4.78, 5) is 17.0. The number of aliphatic hydroxyl groups excluding tert-OH is 1. The summed E-state index contributed by atoms with van der Waals surface area (Å²) in [7, 11) is 0. The van der Waals surface area contributed by atoms with E-state index >= 15 is 0 Å². The van der Waals surface area contributed by atoms with Crippen LogP contribution in [0.2, 0.25) is 0 Å². The van der Waals surface area contributed by atoms with E-state index < -0.39 is 5.97 Å². The van der Waals surface area contributed by atoms with Crippen molar-refractivity contribution in [2.24, 2.45) is 5.92 Å². The summed E-state index contributed by atoms with van der Waals surface area (Å²) in [6.07, 6.45) is 2.08. The molecule has 18 heavy (non-hydrogen) atoms. The van der Waals surface area contributed by atoms with Crippen LogP contribution in [0.3, 0.4) is 0 Å². The van der Waals surface area contributed by atoms with Crippen LogP contribution in [0.15, 0.2) is 18.3 Å². The molecule has 5 nitrogen and oxygen atoms in total. The van der Waals surface area contributed by atoms with E-state index in [1.54, 1.807) is 12.1 Å². The Morgan fingerprint density at radius 1 is 1.56 bits per heavy atom. The van der Waals surface area contributed by atoms with Crippen LogP contribution < -0.4 is 0 Å². The minimum atomic E-state index is -0.962. The molecular weight excluding hydrogens is 232 g/mol. The molecule has 2 atom stereocenters. The fourth-order valence-corrected chi connectivity index (χ4v) is 2.13. The molecule has 2 heterocycles. The predicted molar refractivity (Wildman–Crippen MR) is 66.3 cm³/mol. The number of nitrogens with zero attached hydrogens (tertiary/aromatic N) is 2. The molecule has 2 N–H and O–H groups in total. The lowest BCUT2D eigenvalue weighted by Gasteiger charge is -2.33. The fraction of sp³-hybridized carbons (Fsp3) is 0.538. The van der Waals surface area contributed by atoms with Gasteiger partial charge in [-0.05, 0) is 31.0 Å². The number of β-amino-alcohol motifs (C(OH)–C–C–N with tert-alkyl or cyclic N) is 1. The molecule has 0 aromatic carbocycles. The number of piperidine rings is 1. The lowest BCUT2D eigenvalue weighted by atomic mass is 9.96. The Labute approximate surface area is 106 Å². The van der Waals surface area contributed by atoms with Crippen LogP contribution in [-0.4, -0.2) is 45.3 Å². The Hall–Kier alpha value is -1.46. The zero-order chi connectivity index (χ0) is 13.1. The highest BCUT2D eigenvalue weighted by Crippen LogP contribution is 2.18. The van der Waals surface area contributed by atoms with E-state index in [1.807, 2.05) is 0 Å². The second-order valence-corrected chi connectivity index (χ2v) is 4.91. The number of carboxylic acids is 1. The van der Waals surface area contributed by atoms with E-state index in [0.717, 1.165) is 18.7 Å². The Morgan fingerprint density at radius 2 is 2.33 bits per heavy atom. The second kappa shape index (κ2) is 5.46. The van der Waals surface area contributed by atoms with E-state index in [4.69, 9.17) is 5.11 Å². The maximum absolute atomic E-state index is 10.7. The highest BCUT2D eigenvalue weighted by atomic mass is 16.4. The van der Waals surface area contributed by atoms with Crippen molar-refractivity contribution in [2.75, 3.05) is 13.1 Å². The minimum absolute atomic E-state index is 0.200. The number of carbonyl (C=O) groups is 1. The van der Waals surface area contributed by atoms with Crippen molar-refractivity contribution in [2.45, 2.75) is 26.0 Å². The van der Waals surface area contributed by atoms with Gasteiger partial charge >= 0.3 is 5.97 Å². The molecule has 1 aliphatic heterocycles. The Morgan fingerprint density at radius 3 is 2.89 bits per heavy atom. The van der Waals surface area contributed by atoms with Gasteiger partial charge in [0.15, 0.2) is 0 Å². The van der Waals surface area contributed by atoms with E-state index in [1.165, 1.54) is 6.20 Å². The highest BCUT2D eigenvalue weighted by molar-refractivity contribution is 5.87. The van der Waals surface area contributed by atoms with Gasteiger partial charge in [0, 0.05) is 19.3 Å². The van der Waals surface area contributed by atoms with E-state index in [-0.39, 0.29) is 11.7 Å². The summed E-state index contributed by atoms with van der Waals surface area (Å²) in [5, 5.41) is 18.6. The normalized spacial score (nSPS) is 25.0. The number of aromatic nitrogens is 1. The molecule has 0 radical (unpaired) electrons. The summed E-state index contributed by atoms with van der Waals surface area (Å²) in [5.74, 6) is -0.611. The first kappa shape index (κ1) is 13.0. The molecule has 0 saturated carbocycles. The monoisotopic (exact) mass is 250 g/mol. The smallest absolute Gasteiger partial charge is 0.337 e. The van der Waals surface area contributed by atoms with E-state index in [2.05, 4.69) is 16.8 Å². The van der Waals surface area contributed by atoms with Gasteiger partial charge in [-0.1, -0.05) is 6.92 Å². The maximum Gasteiger partial charge on any atom is 0.337 e. The van der Waals surface area contributed by atoms with Gasteiger partial charge in [0.25, 0.3) is 0 Å². The first-order valence-electron chi connectivity index (χ1n) is 6.15. The molecule has 1 fully saturated rings. The Kier molecular flexibility index (Phi) is 3.93. The number of rotatable bonds is 3. The molecule has 0 bridgehead atoms. The van der Waals surface area contributed by atoms with Crippen LogP contribution in [0.1, 0.15) is 29.4 Å². The summed E-state index contributed by atoms with van der Waals surface area (Å²) in [5.41, 5.74) is 1.04. The van der Waals surface area contributed by atoms with Crippen LogP contribution in [0, 0.1) is 5.92 Å². The first-order chi connectivity index (χ1) is 8.56. The second-order valence-electron chi connectivity index (χ2n) is 4.91. The van der Waals surface area contributed by atoms with Crippen LogP contribution >= 0.6 is 0 Å². The van der Waals surface area contributed by atoms with Gasteiger partial charge in [-0.25, -0.2) is 4.79 Å². The molecule has 2 unspecified atom stereocenters. The van der Waals surface area contributed by atoms with Crippen molar-refractivity contribution in [3.63, 3.8) is 0 Å². The largest absolute Gasteiger partial charge is 0.478 e. The molecule has 0 spiro atoms. The number of pyridine rings is 1. The molecule has 1 aliphatic rings. The molecule has 98 valence electrons. The predicted octanol–water partition coefficient (Wildman–Crippen LogP) is 0.982. The summed E-state index contributed by atoms with van der Waals surface area (Å²) in [6.45, 7) is 4.32. The number of hydrogen-bond donors (Lipinski definition) is 2. The number of likely N-dealkylation sites (tertiary alicyclic amines) is 1. The lowest BCUT2D eigenvalue weighted by molar-refractivity contribution is 0.0254. The van der Waals surface area contributed by atoms with E-state index in [0.29, 0.717) is 19.0 Å². The average Bonchev–Trinajstić information content (AvgIpc) is 2.34. The van der Waals surface area contributed by atoms with Gasteiger partial charge < -0.3 is 10.2 Å². The highest BCUT2D eigenvalue weighted by Gasteiger charge is 2.24. The van der Waals surface area contributed by atoms with Gasteiger partial charge in [0.1, 0.15) is 0 Å². The molecule has 2 rings (SSSR count). The Bertz CT molecular complexity index is 419. The summed E-state index contributed by atoms with van der Waals surface area (Å²) >= 11 is 0. The number of hydrogen-bond acceptors (Lipinski definition) is 4. The molecule has 0 aliphatic carbocycles. The van der Waals surface area contributed by atoms with E-state index in [9.17, 15) is 9.90 Å². The average molecular weight is 250 g/mol. The van der Waals surface area contributed by atoms with Crippen molar-refractivity contribution in [1.82, 2.24) is 9.88 Å². The molecule has 5 heteroatoms. The van der Waals surface area contributed by atoms with Crippen molar-refractivity contribution in [1.29, 1.82) is 0 Å². The standard InChI is InChI=1S/C13H18N2O3/c1-9-4-5-15(8-12(9)16)7-11-3-2-10(6-14-11)13(17)18/h2-3,6,9,12,16H,4-5,7-8H2,1H3,(H,17,18). The maximum atomic E-state index is 10.7. The van der Waals surface area contributed by atoms with Gasteiger partial charge in [-0.3, -0.25) is 9.88 Å². The molecular formula is C13H18N2O3. The molecule has 1 aromatic heterocycles. The summed E-state index contributed by atoms with van der Waals surface area (Å²) < 4.78 is 0. The van der Waals surface area contributed by atoms with Crippen LogP contribution in [0.4, 0.5) is 0 Å². The third-order valence-corrected chi connectivity index (χ3v) is 3.46. The molecule has 0 amide bonds. The zero-order valence-electron chi connectivity index (χ0n) is 10.4. The third-order valence-electron chi connectivity index (χ3n) is 3.46. The van der Waals surface area contributed by atoms with Crippen molar-refractivity contribution < 1.29 is 15.0 Å². The quantitative estimate of drug-likeness (QED) is 0.836. The number of carboxylic acid groups (broad SMARTS) is 1. The number of aliphatic hydroxyl groups is 1. The first-order valence-corrected chi connectivity index (χ1v) is 6.15. The SMILES string of the molecule is CC1CCN(Cc2ccc(C(=O)O)cn2)CC1O. The van der Waals surface area contributed by atoms with Gasteiger partial charge in [0.2, 0.25) is 0 Å². The van der Waals surface area contributed by atoms with Gasteiger partial charge in [0.05, 0.1) is 17.4 Å². The van der Waals surface area contributed by atoms with Crippen molar-refractivity contribution in [3.05, 3.63) is 29.6 Å². The fourth-order valence-electron chi connectivity index (χ4n) is 2.13. The number of aromatic carboxylic acids is 1. The van der Waals surface area contributed by atoms with Gasteiger partial charge in [-0.2, -0.15) is 0 Å². The zero-order valence-corrected chi connectivity index (χ0v) is 10.4. The molecule has 1 aromatic rings. The third kappa shape index (κ3) is 3.05. The Balaban J connectivity index is 1.95. The van der Waals surface area contributed by atoms with Crippen molar-refractivity contribution >= 4 is 5.97 Å².